The van der Waals surface area contributed by atoms with Gasteiger partial charge in [-0.25, -0.2) is 9.97 Å². The molecule has 0 atom stereocenters. The largest absolute Gasteiger partial charge is 0.416 e. The number of carbonyl (C=O) groups is 1. The number of alkyl halides is 3. The molecule has 4 rings (SSSR count). The lowest BCUT2D eigenvalue weighted by Gasteiger charge is -2.10. The summed E-state index contributed by atoms with van der Waals surface area (Å²) in [5.74, 6) is 0.226. The first-order valence-electron chi connectivity index (χ1n) is 9.17. The second kappa shape index (κ2) is 7.94. The molecule has 0 aliphatic carbocycles. The molecule has 1 amide bonds. The quantitative estimate of drug-likeness (QED) is 0.486. The zero-order valence-corrected chi connectivity index (χ0v) is 15.6. The summed E-state index contributed by atoms with van der Waals surface area (Å²) in [5, 5.41) is 3.58. The maximum absolute atomic E-state index is 12.8. The SMILES string of the molecule is O=C(Cc1cccc2ccc(-c3ccc(C(F)(F)F)cc3)nc12)Nc1ccccn1. The number of benzene rings is 2. The molecule has 0 saturated heterocycles. The van der Waals surface area contributed by atoms with Gasteiger partial charge in [0.25, 0.3) is 0 Å². The van der Waals surface area contributed by atoms with E-state index >= 15 is 0 Å². The van der Waals surface area contributed by atoms with Crippen LogP contribution in [-0.2, 0) is 17.4 Å². The minimum atomic E-state index is -4.39. The van der Waals surface area contributed by atoms with Gasteiger partial charge in [0.15, 0.2) is 0 Å². The molecule has 150 valence electrons. The lowest BCUT2D eigenvalue weighted by molar-refractivity contribution is -0.137. The Morgan fingerprint density at radius 3 is 2.40 bits per heavy atom. The number of carbonyl (C=O) groups excluding carboxylic acids is 1. The molecule has 7 heteroatoms. The van der Waals surface area contributed by atoms with Crippen LogP contribution in [0.15, 0.2) is 79.0 Å². The molecule has 2 aromatic carbocycles. The van der Waals surface area contributed by atoms with E-state index < -0.39 is 11.7 Å². The average molecular weight is 407 g/mol. The Morgan fingerprint density at radius 1 is 0.900 bits per heavy atom. The highest BCUT2D eigenvalue weighted by Gasteiger charge is 2.30. The monoisotopic (exact) mass is 407 g/mol. The van der Waals surface area contributed by atoms with Gasteiger partial charge in [-0.15, -0.1) is 0 Å². The maximum Gasteiger partial charge on any atom is 0.416 e. The van der Waals surface area contributed by atoms with E-state index in [-0.39, 0.29) is 12.3 Å². The highest BCUT2D eigenvalue weighted by molar-refractivity contribution is 5.95. The van der Waals surface area contributed by atoms with Crippen LogP contribution < -0.4 is 5.32 Å². The predicted octanol–water partition coefficient (Wildman–Crippen LogP) is 5.50. The third-order valence-corrected chi connectivity index (χ3v) is 4.60. The second-order valence-electron chi connectivity index (χ2n) is 6.70. The summed E-state index contributed by atoms with van der Waals surface area (Å²) in [7, 11) is 0. The van der Waals surface area contributed by atoms with Gasteiger partial charge < -0.3 is 5.32 Å². The Kier molecular flexibility index (Phi) is 5.18. The molecule has 0 fully saturated rings. The number of rotatable bonds is 4. The first kappa shape index (κ1) is 19.6. The van der Waals surface area contributed by atoms with E-state index in [0.29, 0.717) is 22.6 Å². The molecule has 0 saturated carbocycles. The zero-order chi connectivity index (χ0) is 21.1. The van der Waals surface area contributed by atoms with Crippen LogP contribution in [0.1, 0.15) is 11.1 Å². The van der Waals surface area contributed by atoms with Crippen LogP contribution in [0, 0.1) is 0 Å². The van der Waals surface area contributed by atoms with Crippen molar-refractivity contribution in [3.63, 3.8) is 0 Å². The van der Waals surface area contributed by atoms with E-state index in [2.05, 4.69) is 15.3 Å². The molecule has 2 aromatic heterocycles. The minimum absolute atomic E-state index is 0.0946. The Labute approximate surface area is 170 Å². The minimum Gasteiger partial charge on any atom is -0.310 e. The molecule has 0 radical (unpaired) electrons. The van der Waals surface area contributed by atoms with Gasteiger partial charge in [-0.05, 0) is 35.9 Å². The summed E-state index contributed by atoms with van der Waals surface area (Å²) in [4.78, 5) is 21.1. The molecule has 0 aliphatic heterocycles. The number of hydrogen-bond donors (Lipinski definition) is 1. The smallest absolute Gasteiger partial charge is 0.310 e. The molecule has 30 heavy (non-hydrogen) atoms. The van der Waals surface area contributed by atoms with Crippen molar-refractivity contribution in [3.8, 4) is 11.3 Å². The summed E-state index contributed by atoms with van der Waals surface area (Å²) < 4.78 is 38.4. The number of fused-ring (bicyclic) bond motifs is 1. The standard InChI is InChI=1S/C23H16F3N3O/c24-23(25,26)18-10-7-15(8-11-18)19-12-9-16-4-3-5-17(22(16)28-19)14-21(30)29-20-6-1-2-13-27-20/h1-13H,14H2,(H,27,29,30). The van der Waals surface area contributed by atoms with Gasteiger partial charge in [-0.3, -0.25) is 4.79 Å². The van der Waals surface area contributed by atoms with E-state index in [1.54, 1.807) is 30.5 Å². The Hall–Kier alpha value is -3.74. The first-order chi connectivity index (χ1) is 14.4. The molecule has 1 N–H and O–H groups in total. The fraction of sp³-hybridized carbons (Fsp3) is 0.0870. The van der Waals surface area contributed by atoms with Crippen LogP contribution in [0.2, 0.25) is 0 Å². The van der Waals surface area contributed by atoms with Crippen molar-refractivity contribution in [2.75, 3.05) is 5.32 Å². The molecular formula is C23H16F3N3O. The van der Waals surface area contributed by atoms with Gasteiger partial charge in [0.1, 0.15) is 5.82 Å². The molecule has 0 aliphatic rings. The normalized spacial score (nSPS) is 11.4. The lowest BCUT2D eigenvalue weighted by Crippen LogP contribution is -2.15. The van der Waals surface area contributed by atoms with Gasteiger partial charge in [-0.1, -0.05) is 42.5 Å². The molecule has 0 bridgehead atoms. The number of para-hydroxylation sites is 1. The van der Waals surface area contributed by atoms with E-state index in [1.807, 2.05) is 24.3 Å². The Balaban J connectivity index is 1.63. The van der Waals surface area contributed by atoms with E-state index in [9.17, 15) is 18.0 Å². The Morgan fingerprint density at radius 2 is 1.70 bits per heavy atom. The van der Waals surface area contributed by atoms with Gasteiger partial charge >= 0.3 is 6.18 Å². The molecular weight excluding hydrogens is 391 g/mol. The summed E-state index contributed by atoms with van der Waals surface area (Å²) in [6.45, 7) is 0. The number of pyridine rings is 2. The summed E-state index contributed by atoms with van der Waals surface area (Å²) in [6, 6.07) is 19.2. The third-order valence-electron chi connectivity index (χ3n) is 4.60. The molecule has 2 heterocycles. The fourth-order valence-corrected chi connectivity index (χ4v) is 3.14. The highest BCUT2D eigenvalue weighted by atomic mass is 19.4. The van der Waals surface area contributed by atoms with Crippen molar-refractivity contribution in [2.24, 2.45) is 0 Å². The molecule has 0 spiro atoms. The van der Waals surface area contributed by atoms with Crippen LogP contribution in [0.3, 0.4) is 0 Å². The number of aromatic nitrogens is 2. The van der Waals surface area contributed by atoms with Gasteiger partial charge in [0, 0.05) is 17.1 Å². The topological polar surface area (TPSA) is 54.9 Å². The number of nitrogens with zero attached hydrogens (tertiary/aromatic N) is 2. The number of halogens is 3. The lowest BCUT2D eigenvalue weighted by atomic mass is 10.0. The summed E-state index contributed by atoms with van der Waals surface area (Å²) in [5.41, 5.74) is 1.74. The molecule has 4 nitrogen and oxygen atoms in total. The van der Waals surface area contributed by atoms with E-state index in [0.717, 1.165) is 23.1 Å². The van der Waals surface area contributed by atoms with Crippen molar-refractivity contribution >= 4 is 22.6 Å². The van der Waals surface area contributed by atoms with Crippen LogP contribution in [0.25, 0.3) is 22.2 Å². The Bertz CT molecular complexity index is 1190. The molecule has 0 unspecified atom stereocenters. The van der Waals surface area contributed by atoms with Crippen LogP contribution in [0.4, 0.5) is 19.0 Å². The van der Waals surface area contributed by atoms with E-state index in [1.165, 1.54) is 12.1 Å². The summed E-state index contributed by atoms with van der Waals surface area (Å²) >= 11 is 0. The van der Waals surface area contributed by atoms with Crippen LogP contribution >= 0.6 is 0 Å². The van der Waals surface area contributed by atoms with Crippen molar-refractivity contribution in [3.05, 3.63) is 90.1 Å². The average Bonchev–Trinajstić information content (AvgIpc) is 2.74. The number of anilines is 1. The van der Waals surface area contributed by atoms with Crippen molar-refractivity contribution in [1.82, 2.24) is 9.97 Å². The van der Waals surface area contributed by atoms with Gasteiger partial charge in [0.2, 0.25) is 5.91 Å². The fourth-order valence-electron chi connectivity index (χ4n) is 3.14. The van der Waals surface area contributed by atoms with Gasteiger partial charge in [-0.2, -0.15) is 13.2 Å². The van der Waals surface area contributed by atoms with Crippen molar-refractivity contribution in [2.45, 2.75) is 12.6 Å². The maximum atomic E-state index is 12.8. The van der Waals surface area contributed by atoms with Crippen LogP contribution in [-0.4, -0.2) is 15.9 Å². The molecule has 4 aromatic rings. The number of amides is 1. The summed E-state index contributed by atoms with van der Waals surface area (Å²) in [6.07, 6.45) is -2.70. The second-order valence-corrected chi connectivity index (χ2v) is 6.70. The first-order valence-corrected chi connectivity index (χ1v) is 9.17. The number of hydrogen-bond acceptors (Lipinski definition) is 3. The highest BCUT2D eigenvalue weighted by Crippen LogP contribution is 2.31. The van der Waals surface area contributed by atoms with Crippen molar-refractivity contribution < 1.29 is 18.0 Å². The van der Waals surface area contributed by atoms with Crippen molar-refractivity contribution in [1.29, 1.82) is 0 Å². The van der Waals surface area contributed by atoms with Gasteiger partial charge in [0.05, 0.1) is 23.2 Å². The van der Waals surface area contributed by atoms with E-state index in [4.69, 9.17) is 0 Å². The predicted molar refractivity (Wildman–Crippen MR) is 109 cm³/mol. The third kappa shape index (κ3) is 4.30. The number of nitrogens with one attached hydrogen (secondary N) is 1. The zero-order valence-electron chi connectivity index (χ0n) is 15.6. The van der Waals surface area contributed by atoms with Crippen LogP contribution in [0.5, 0.6) is 0 Å².